The standard InChI is InChI=1S/C17H17ClN2O4S/c18-15-10-14(20(22)23)6-7-16(15)24-11-17(21)19-8-9-25-12-13-4-2-1-3-5-13/h1-7,10H,8-9,11-12H2,(H,19,21). The fourth-order valence-electron chi connectivity index (χ4n) is 1.94. The Balaban J connectivity index is 1.65. The molecule has 1 N–H and O–H groups in total. The van der Waals surface area contributed by atoms with Gasteiger partial charge in [0.25, 0.3) is 11.6 Å². The number of thioether (sulfide) groups is 1. The molecule has 0 aliphatic rings. The highest BCUT2D eigenvalue weighted by molar-refractivity contribution is 7.98. The lowest BCUT2D eigenvalue weighted by Gasteiger charge is -2.08. The minimum Gasteiger partial charge on any atom is -0.482 e. The van der Waals surface area contributed by atoms with E-state index < -0.39 is 4.92 Å². The molecule has 2 aromatic rings. The van der Waals surface area contributed by atoms with Gasteiger partial charge in [0.15, 0.2) is 6.61 Å². The van der Waals surface area contributed by atoms with Crippen LogP contribution in [-0.2, 0) is 10.5 Å². The van der Waals surface area contributed by atoms with Gasteiger partial charge in [0, 0.05) is 30.2 Å². The van der Waals surface area contributed by atoms with Crippen molar-refractivity contribution >= 4 is 35.0 Å². The molecule has 0 heterocycles. The number of hydrogen-bond donors (Lipinski definition) is 1. The van der Waals surface area contributed by atoms with Gasteiger partial charge in [-0.25, -0.2) is 0 Å². The van der Waals surface area contributed by atoms with Crippen LogP contribution in [0.2, 0.25) is 5.02 Å². The molecule has 8 heteroatoms. The van der Waals surface area contributed by atoms with Crippen LogP contribution in [0.4, 0.5) is 5.69 Å². The molecule has 1 amide bonds. The van der Waals surface area contributed by atoms with Crippen molar-refractivity contribution in [2.45, 2.75) is 5.75 Å². The van der Waals surface area contributed by atoms with Gasteiger partial charge in [-0.15, -0.1) is 0 Å². The molecule has 0 spiro atoms. The Morgan fingerprint density at radius 2 is 2.00 bits per heavy atom. The average Bonchev–Trinajstić information content (AvgIpc) is 2.61. The van der Waals surface area contributed by atoms with Gasteiger partial charge in [0.05, 0.1) is 9.95 Å². The minimum absolute atomic E-state index is 0.0976. The van der Waals surface area contributed by atoms with Gasteiger partial charge < -0.3 is 10.1 Å². The second kappa shape index (κ2) is 9.90. The molecule has 6 nitrogen and oxygen atoms in total. The fourth-order valence-corrected chi connectivity index (χ4v) is 2.99. The summed E-state index contributed by atoms with van der Waals surface area (Å²) in [5, 5.41) is 13.5. The molecular formula is C17H17ClN2O4S. The van der Waals surface area contributed by atoms with Crippen LogP contribution in [0.3, 0.4) is 0 Å². The lowest BCUT2D eigenvalue weighted by molar-refractivity contribution is -0.384. The first-order valence-electron chi connectivity index (χ1n) is 7.51. The van der Waals surface area contributed by atoms with Crippen LogP contribution in [0.1, 0.15) is 5.56 Å². The zero-order chi connectivity index (χ0) is 18.1. The van der Waals surface area contributed by atoms with E-state index in [4.69, 9.17) is 16.3 Å². The normalized spacial score (nSPS) is 10.3. The number of carbonyl (C=O) groups excluding carboxylic acids is 1. The van der Waals surface area contributed by atoms with E-state index in [0.717, 1.165) is 11.5 Å². The molecule has 0 bridgehead atoms. The molecule has 25 heavy (non-hydrogen) atoms. The third kappa shape index (κ3) is 6.64. The number of nitro benzene ring substituents is 1. The predicted octanol–water partition coefficient (Wildman–Crippen LogP) is 3.68. The van der Waals surface area contributed by atoms with Gasteiger partial charge in [0.1, 0.15) is 5.75 Å². The van der Waals surface area contributed by atoms with E-state index in [1.165, 1.54) is 23.8 Å². The van der Waals surface area contributed by atoms with Crippen LogP contribution in [-0.4, -0.2) is 29.7 Å². The lowest BCUT2D eigenvalue weighted by atomic mass is 10.2. The highest BCUT2D eigenvalue weighted by Crippen LogP contribution is 2.28. The second-order valence-electron chi connectivity index (χ2n) is 5.05. The number of nitrogens with zero attached hydrogens (tertiary/aromatic N) is 1. The Hall–Kier alpha value is -2.25. The maximum absolute atomic E-state index is 11.7. The van der Waals surface area contributed by atoms with Crippen molar-refractivity contribution in [1.82, 2.24) is 5.32 Å². The number of benzene rings is 2. The summed E-state index contributed by atoms with van der Waals surface area (Å²) in [4.78, 5) is 21.8. The highest BCUT2D eigenvalue weighted by Gasteiger charge is 2.11. The molecule has 2 rings (SSSR count). The Morgan fingerprint density at radius 1 is 1.24 bits per heavy atom. The summed E-state index contributed by atoms with van der Waals surface area (Å²) in [5.74, 6) is 1.65. The lowest BCUT2D eigenvalue weighted by Crippen LogP contribution is -2.30. The van der Waals surface area contributed by atoms with E-state index in [-0.39, 0.29) is 29.0 Å². The number of non-ortho nitro benzene ring substituents is 1. The first kappa shape index (κ1) is 19.1. The van der Waals surface area contributed by atoms with Crippen molar-refractivity contribution in [3.05, 3.63) is 69.2 Å². The molecule has 0 atom stereocenters. The fraction of sp³-hybridized carbons (Fsp3) is 0.235. The van der Waals surface area contributed by atoms with Crippen LogP contribution in [0.15, 0.2) is 48.5 Å². The molecule has 0 saturated heterocycles. The molecule has 0 fully saturated rings. The van der Waals surface area contributed by atoms with E-state index >= 15 is 0 Å². The number of hydrogen-bond acceptors (Lipinski definition) is 5. The summed E-state index contributed by atoms with van der Waals surface area (Å²) in [6.45, 7) is 0.342. The van der Waals surface area contributed by atoms with E-state index in [1.807, 2.05) is 18.2 Å². The molecule has 2 aromatic carbocycles. The number of amides is 1. The number of nitro groups is 1. The zero-order valence-corrected chi connectivity index (χ0v) is 14.9. The molecule has 0 aliphatic heterocycles. The van der Waals surface area contributed by atoms with Crippen molar-refractivity contribution in [3.8, 4) is 5.75 Å². The zero-order valence-electron chi connectivity index (χ0n) is 13.3. The first-order valence-corrected chi connectivity index (χ1v) is 9.04. The van der Waals surface area contributed by atoms with E-state index in [0.29, 0.717) is 6.54 Å². The number of nitrogens with one attached hydrogen (secondary N) is 1. The van der Waals surface area contributed by atoms with E-state index in [9.17, 15) is 14.9 Å². The van der Waals surface area contributed by atoms with Gasteiger partial charge in [-0.1, -0.05) is 41.9 Å². The van der Waals surface area contributed by atoms with Crippen molar-refractivity contribution in [1.29, 1.82) is 0 Å². The molecule has 0 radical (unpaired) electrons. The smallest absolute Gasteiger partial charge is 0.271 e. The second-order valence-corrected chi connectivity index (χ2v) is 6.56. The van der Waals surface area contributed by atoms with Crippen LogP contribution in [0.25, 0.3) is 0 Å². The summed E-state index contributed by atoms with van der Waals surface area (Å²) >= 11 is 7.63. The Labute approximate surface area is 154 Å². The van der Waals surface area contributed by atoms with Crippen molar-refractivity contribution in [2.24, 2.45) is 0 Å². The van der Waals surface area contributed by atoms with Gasteiger partial charge in [-0.3, -0.25) is 14.9 Å². The first-order chi connectivity index (χ1) is 12.1. The van der Waals surface area contributed by atoms with Gasteiger partial charge in [-0.05, 0) is 11.6 Å². The van der Waals surface area contributed by atoms with E-state index in [2.05, 4.69) is 17.4 Å². The SMILES string of the molecule is O=C(COc1ccc([N+](=O)[O-])cc1Cl)NCCSCc1ccccc1. The van der Waals surface area contributed by atoms with Crippen molar-refractivity contribution in [2.75, 3.05) is 18.9 Å². The highest BCUT2D eigenvalue weighted by atomic mass is 35.5. The average molecular weight is 381 g/mol. The summed E-state index contributed by atoms with van der Waals surface area (Å²) in [6, 6.07) is 13.9. The number of ether oxygens (including phenoxy) is 1. The molecule has 0 aliphatic carbocycles. The number of carbonyl (C=O) groups is 1. The number of halogens is 1. The van der Waals surface area contributed by atoms with Gasteiger partial charge in [-0.2, -0.15) is 11.8 Å². The monoisotopic (exact) mass is 380 g/mol. The largest absolute Gasteiger partial charge is 0.482 e. The molecule has 0 aromatic heterocycles. The Kier molecular flexibility index (Phi) is 7.56. The van der Waals surface area contributed by atoms with Gasteiger partial charge >= 0.3 is 0 Å². The van der Waals surface area contributed by atoms with Crippen LogP contribution in [0.5, 0.6) is 5.75 Å². The summed E-state index contributed by atoms with van der Waals surface area (Å²) < 4.78 is 5.29. The summed E-state index contributed by atoms with van der Waals surface area (Å²) in [7, 11) is 0. The maximum atomic E-state index is 11.7. The summed E-state index contributed by atoms with van der Waals surface area (Å²) in [6.07, 6.45) is 0. The van der Waals surface area contributed by atoms with Crippen molar-refractivity contribution < 1.29 is 14.5 Å². The van der Waals surface area contributed by atoms with Crippen LogP contribution >= 0.6 is 23.4 Å². The third-order valence-electron chi connectivity index (χ3n) is 3.17. The Morgan fingerprint density at radius 3 is 2.68 bits per heavy atom. The quantitative estimate of drug-likeness (QED) is 0.407. The number of rotatable bonds is 9. The maximum Gasteiger partial charge on any atom is 0.271 e. The molecular weight excluding hydrogens is 364 g/mol. The minimum atomic E-state index is -0.546. The summed E-state index contributed by atoms with van der Waals surface area (Å²) in [5.41, 5.74) is 1.12. The van der Waals surface area contributed by atoms with Crippen molar-refractivity contribution in [3.63, 3.8) is 0 Å². The predicted molar refractivity (Wildman–Crippen MR) is 99.2 cm³/mol. The third-order valence-corrected chi connectivity index (χ3v) is 4.49. The van der Waals surface area contributed by atoms with E-state index in [1.54, 1.807) is 11.8 Å². The van der Waals surface area contributed by atoms with Gasteiger partial charge in [0.2, 0.25) is 0 Å². The van der Waals surface area contributed by atoms with Crippen LogP contribution in [0, 0.1) is 10.1 Å². The molecule has 132 valence electrons. The Bertz CT molecular complexity index is 728. The molecule has 0 saturated carbocycles. The molecule has 0 unspecified atom stereocenters. The van der Waals surface area contributed by atoms with Crippen LogP contribution < -0.4 is 10.1 Å². The topological polar surface area (TPSA) is 81.5 Å².